The smallest absolute Gasteiger partial charge is 0.247 e. The minimum atomic E-state index is 0.438. The zero-order valence-corrected chi connectivity index (χ0v) is 13.9. The monoisotopic (exact) mass is 333 g/mol. The van der Waals surface area contributed by atoms with E-state index in [1.165, 1.54) is 16.8 Å². The Labute approximate surface area is 146 Å². The summed E-state index contributed by atoms with van der Waals surface area (Å²) in [6.07, 6.45) is 2.96. The van der Waals surface area contributed by atoms with Gasteiger partial charge in [0, 0.05) is 38.3 Å². The molecule has 2 aliphatic rings. The largest absolute Gasteiger partial charge is 0.354 e. The van der Waals surface area contributed by atoms with E-state index >= 15 is 0 Å². The molecule has 2 aromatic rings. The van der Waals surface area contributed by atoms with Crippen LogP contribution in [0.4, 0.5) is 0 Å². The van der Waals surface area contributed by atoms with Crippen LogP contribution in [0.25, 0.3) is 0 Å². The van der Waals surface area contributed by atoms with Gasteiger partial charge < -0.3 is 4.90 Å². The number of H-pyrrole nitrogens is 1. The Hall–Kier alpha value is -2.98. The molecule has 4 rings (SSSR count). The van der Waals surface area contributed by atoms with Gasteiger partial charge in [-0.2, -0.15) is 5.21 Å². The fourth-order valence-electron chi connectivity index (χ4n) is 3.11. The van der Waals surface area contributed by atoms with E-state index in [1.807, 2.05) is 12.4 Å². The second-order valence-electron chi connectivity index (χ2n) is 6.18. The molecule has 7 nitrogen and oxygen atoms in total. The topological polar surface area (TPSA) is 73.3 Å². The molecule has 1 aromatic heterocycles. The predicted molar refractivity (Wildman–Crippen MR) is 94.5 cm³/mol. The minimum absolute atomic E-state index is 0.438. The van der Waals surface area contributed by atoms with Crippen LogP contribution >= 0.6 is 0 Å². The van der Waals surface area contributed by atoms with Gasteiger partial charge in [0.25, 0.3) is 0 Å². The molecule has 2 aliphatic heterocycles. The van der Waals surface area contributed by atoms with Crippen LogP contribution < -0.4 is 0 Å². The third-order valence-electron chi connectivity index (χ3n) is 4.33. The molecule has 25 heavy (non-hydrogen) atoms. The Morgan fingerprint density at radius 1 is 1.16 bits per heavy atom. The highest BCUT2D eigenvalue weighted by Gasteiger charge is 2.22. The normalized spacial score (nSPS) is 17.2. The lowest BCUT2D eigenvalue weighted by Gasteiger charge is -2.33. The number of rotatable bonds is 3. The van der Waals surface area contributed by atoms with Crippen LogP contribution in [0.1, 0.15) is 17.8 Å². The number of tetrazole rings is 1. The second-order valence-corrected chi connectivity index (χ2v) is 6.18. The van der Waals surface area contributed by atoms with Gasteiger partial charge in [0.1, 0.15) is 0 Å². The van der Waals surface area contributed by atoms with Gasteiger partial charge in [-0.05, 0) is 22.3 Å². The first-order chi connectivity index (χ1) is 12.4. The van der Waals surface area contributed by atoms with Crippen LogP contribution in [-0.4, -0.2) is 62.9 Å². The molecule has 126 valence electrons. The van der Waals surface area contributed by atoms with E-state index in [-0.39, 0.29) is 0 Å². The molecule has 0 amide bonds. The van der Waals surface area contributed by atoms with E-state index in [9.17, 15) is 0 Å². The van der Waals surface area contributed by atoms with Gasteiger partial charge in [0.15, 0.2) is 0 Å². The number of hydrogen-bond acceptors (Lipinski definition) is 6. The SMILES string of the molecule is C(#Cc1nn[nH]n1)CN1CCC2=C(CN(Cc3ccccc3)C=N2)C1. The van der Waals surface area contributed by atoms with Crippen LogP contribution in [-0.2, 0) is 6.54 Å². The molecule has 0 saturated heterocycles. The van der Waals surface area contributed by atoms with Crippen LogP contribution in [0.2, 0.25) is 0 Å². The summed E-state index contributed by atoms with van der Waals surface area (Å²) in [7, 11) is 0. The summed E-state index contributed by atoms with van der Waals surface area (Å²) in [6.45, 7) is 4.42. The highest BCUT2D eigenvalue weighted by atomic mass is 15.5. The first-order valence-corrected chi connectivity index (χ1v) is 8.34. The van der Waals surface area contributed by atoms with Crippen molar-refractivity contribution in [1.29, 1.82) is 0 Å². The van der Waals surface area contributed by atoms with Crippen LogP contribution in [0.15, 0.2) is 46.6 Å². The second kappa shape index (κ2) is 7.28. The molecule has 0 spiro atoms. The molecular formula is C18H19N7. The number of nitrogens with zero attached hydrogens (tertiary/aromatic N) is 6. The molecule has 0 bridgehead atoms. The molecular weight excluding hydrogens is 314 g/mol. The van der Waals surface area contributed by atoms with Crippen molar-refractivity contribution in [2.24, 2.45) is 4.99 Å². The Kier molecular flexibility index (Phi) is 4.53. The Morgan fingerprint density at radius 2 is 2.08 bits per heavy atom. The lowest BCUT2D eigenvalue weighted by Crippen LogP contribution is -2.38. The Morgan fingerprint density at radius 3 is 2.92 bits per heavy atom. The highest BCUT2D eigenvalue weighted by molar-refractivity contribution is 5.60. The molecule has 0 fully saturated rings. The maximum absolute atomic E-state index is 4.67. The summed E-state index contributed by atoms with van der Waals surface area (Å²) in [5.74, 6) is 6.48. The van der Waals surface area contributed by atoms with E-state index in [0.717, 1.165) is 32.6 Å². The van der Waals surface area contributed by atoms with Gasteiger partial charge in [-0.3, -0.25) is 4.90 Å². The standard InChI is InChI=1S/C18H19N7/c1-2-5-15(6-3-1)11-25-13-16-12-24(10-8-17(16)19-14-25)9-4-7-18-20-22-23-21-18/h1-3,5-6,14H,8-13H2,(H,20,21,22,23). The van der Waals surface area contributed by atoms with Gasteiger partial charge in [-0.15, -0.1) is 5.10 Å². The first-order valence-electron chi connectivity index (χ1n) is 8.34. The van der Waals surface area contributed by atoms with E-state index in [4.69, 9.17) is 0 Å². The lowest BCUT2D eigenvalue weighted by molar-refractivity contribution is 0.300. The van der Waals surface area contributed by atoms with Gasteiger partial charge in [-0.25, -0.2) is 4.99 Å². The van der Waals surface area contributed by atoms with E-state index in [1.54, 1.807) is 0 Å². The quantitative estimate of drug-likeness (QED) is 0.850. The minimum Gasteiger partial charge on any atom is -0.354 e. The molecule has 7 heteroatoms. The summed E-state index contributed by atoms with van der Waals surface area (Å²) in [5.41, 5.74) is 3.94. The zero-order chi connectivity index (χ0) is 16.9. The van der Waals surface area contributed by atoms with Crippen LogP contribution in [0, 0.1) is 11.8 Å². The molecule has 0 atom stereocenters. The van der Waals surface area contributed by atoms with Gasteiger partial charge >= 0.3 is 0 Å². The fraction of sp³-hybridized carbons (Fsp3) is 0.333. The molecule has 1 aromatic carbocycles. The van der Waals surface area contributed by atoms with Gasteiger partial charge in [0.2, 0.25) is 5.82 Å². The number of nitrogens with one attached hydrogen (secondary N) is 1. The fourth-order valence-corrected chi connectivity index (χ4v) is 3.11. The van der Waals surface area contributed by atoms with Crippen molar-refractivity contribution in [3.63, 3.8) is 0 Å². The first kappa shape index (κ1) is 15.5. The van der Waals surface area contributed by atoms with Crippen LogP contribution in [0.3, 0.4) is 0 Å². The van der Waals surface area contributed by atoms with Crippen molar-refractivity contribution in [2.75, 3.05) is 26.2 Å². The summed E-state index contributed by atoms with van der Waals surface area (Å²) in [4.78, 5) is 9.28. The van der Waals surface area contributed by atoms with Crippen molar-refractivity contribution in [1.82, 2.24) is 30.4 Å². The maximum atomic E-state index is 4.67. The number of aromatic nitrogens is 4. The molecule has 0 radical (unpaired) electrons. The number of aliphatic imine (C=N–C) groups is 1. The van der Waals surface area contributed by atoms with Crippen molar-refractivity contribution in [3.05, 3.63) is 53.0 Å². The molecule has 0 saturated carbocycles. The summed E-state index contributed by atoms with van der Waals surface area (Å²) in [6, 6.07) is 10.5. The summed E-state index contributed by atoms with van der Waals surface area (Å²) >= 11 is 0. The third kappa shape index (κ3) is 3.92. The van der Waals surface area contributed by atoms with Crippen molar-refractivity contribution in [2.45, 2.75) is 13.0 Å². The number of benzene rings is 1. The predicted octanol–water partition coefficient (Wildman–Crippen LogP) is 1.06. The molecule has 3 heterocycles. The molecule has 0 unspecified atom stereocenters. The van der Waals surface area contributed by atoms with Crippen molar-refractivity contribution < 1.29 is 0 Å². The lowest BCUT2D eigenvalue weighted by atomic mass is 10.0. The average molecular weight is 333 g/mol. The van der Waals surface area contributed by atoms with E-state index < -0.39 is 0 Å². The third-order valence-corrected chi connectivity index (χ3v) is 4.33. The molecule has 1 N–H and O–H groups in total. The van der Waals surface area contributed by atoms with Gasteiger partial charge in [0.05, 0.1) is 12.9 Å². The number of hydrogen-bond donors (Lipinski definition) is 1. The maximum Gasteiger partial charge on any atom is 0.247 e. The summed E-state index contributed by atoms with van der Waals surface area (Å²) < 4.78 is 0. The van der Waals surface area contributed by atoms with E-state index in [2.05, 4.69) is 71.5 Å². The molecule has 0 aliphatic carbocycles. The Balaban J connectivity index is 1.35. The highest BCUT2D eigenvalue weighted by Crippen LogP contribution is 2.23. The number of aromatic amines is 1. The Bertz CT molecular complexity index is 827. The zero-order valence-electron chi connectivity index (χ0n) is 13.9. The van der Waals surface area contributed by atoms with E-state index in [0.29, 0.717) is 12.4 Å². The van der Waals surface area contributed by atoms with Crippen LogP contribution in [0.5, 0.6) is 0 Å². The van der Waals surface area contributed by atoms with Crippen molar-refractivity contribution in [3.8, 4) is 11.8 Å². The average Bonchev–Trinajstić information content (AvgIpc) is 3.16. The summed E-state index contributed by atoms with van der Waals surface area (Å²) in [5, 5.41) is 13.6. The van der Waals surface area contributed by atoms with Gasteiger partial charge in [-0.1, -0.05) is 41.4 Å². The van der Waals surface area contributed by atoms with Crippen molar-refractivity contribution >= 4 is 6.34 Å².